The standard InChI is InChI=1S/C49H72N4O13/c1-57-12-13-58-14-15-59-16-17-60-18-19-61-20-21-62-22-23-63-24-25-64-26-27-65-28-29-66-44(54)11-6-36-2-7-39(8-3-36)46-50-45-47(51-46)52(34-42-32-37-4-9-40(42)30-37)49(56)53(48(45)55)35-43-33-38-5-10-41(43)31-38/h2-3,6-8,11,37-38,40-43H,4-5,9-10,12-35H2,1H3,(H,50,51)/b11-6+. The topological polar surface area (TPSA) is 182 Å². The Morgan fingerprint density at radius 3 is 1.50 bits per heavy atom. The average Bonchev–Trinajstić information content (AvgIpc) is 4.20. The minimum absolute atomic E-state index is 0.120. The number of H-pyrrole nitrogens is 1. The third-order valence-electron chi connectivity index (χ3n) is 13.6. The predicted molar refractivity (Wildman–Crippen MR) is 246 cm³/mol. The first-order valence-electron chi connectivity index (χ1n) is 24.3. The molecule has 1 N–H and O–H groups in total. The van der Waals surface area contributed by atoms with Crippen LogP contribution in [0.1, 0.15) is 56.9 Å². The number of hydrogen-bond acceptors (Lipinski definition) is 14. The predicted octanol–water partition coefficient (Wildman–Crippen LogP) is 4.76. The van der Waals surface area contributed by atoms with Crippen molar-refractivity contribution < 1.29 is 52.2 Å². The van der Waals surface area contributed by atoms with Crippen LogP contribution in [-0.2, 0) is 65.3 Å². The van der Waals surface area contributed by atoms with E-state index >= 15 is 0 Å². The Labute approximate surface area is 387 Å². The van der Waals surface area contributed by atoms with E-state index < -0.39 is 5.97 Å². The van der Waals surface area contributed by atoms with Crippen molar-refractivity contribution >= 4 is 23.2 Å². The summed E-state index contributed by atoms with van der Waals surface area (Å²) in [6.07, 6.45) is 12.8. The first-order chi connectivity index (χ1) is 32.5. The lowest BCUT2D eigenvalue weighted by Gasteiger charge is -2.25. The van der Waals surface area contributed by atoms with E-state index in [2.05, 4.69) is 4.98 Å². The van der Waals surface area contributed by atoms with Crippen molar-refractivity contribution in [3.05, 3.63) is 56.7 Å². The lowest BCUT2D eigenvalue weighted by Crippen LogP contribution is -2.43. The summed E-state index contributed by atoms with van der Waals surface area (Å²) in [6, 6.07) is 7.55. The van der Waals surface area contributed by atoms with Gasteiger partial charge in [0.2, 0.25) is 0 Å². The molecule has 4 saturated carbocycles. The van der Waals surface area contributed by atoms with Crippen molar-refractivity contribution in [2.24, 2.45) is 35.5 Å². The number of carbonyl (C=O) groups is 1. The van der Waals surface area contributed by atoms with E-state index in [1.807, 2.05) is 28.8 Å². The van der Waals surface area contributed by atoms with Crippen molar-refractivity contribution in [3.63, 3.8) is 0 Å². The van der Waals surface area contributed by atoms with Crippen molar-refractivity contribution in [2.45, 2.75) is 64.5 Å². The number of carbonyl (C=O) groups excluding carboxylic acids is 1. The van der Waals surface area contributed by atoms with Crippen LogP contribution in [0.15, 0.2) is 39.9 Å². The highest BCUT2D eigenvalue weighted by Crippen LogP contribution is 2.50. The Kier molecular flexibility index (Phi) is 20.7. The Hall–Kier alpha value is -3.78. The van der Waals surface area contributed by atoms with E-state index in [1.165, 1.54) is 49.2 Å². The zero-order valence-corrected chi connectivity index (χ0v) is 38.9. The molecule has 0 radical (unpaired) electrons. The van der Waals surface area contributed by atoms with Crippen LogP contribution in [-0.4, -0.2) is 151 Å². The Bertz CT molecular complexity index is 2050. The van der Waals surface area contributed by atoms with Gasteiger partial charge in [-0.2, -0.15) is 0 Å². The SMILES string of the molecule is COCCOCCOCCOCCOCCOCCOCCOCCOCCOC(=O)/C=C/c1ccc(-c2nc3c(=O)n(CC4CC5CCC4C5)c(=O)n(CC4CC5CCC4C5)c3[nH]2)cc1. The molecule has 0 spiro atoms. The molecule has 366 valence electrons. The fourth-order valence-corrected chi connectivity index (χ4v) is 10.3. The molecule has 17 heteroatoms. The first-order valence-corrected chi connectivity index (χ1v) is 24.3. The molecule has 4 fully saturated rings. The van der Waals surface area contributed by atoms with Gasteiger partial charge in [0.25, 0.3) is 5.56 Å². The second-order valence-electron chi connectivity index (χ2n) is 18.0. The number of methoxy groups -OCH3 is 1. The number of ether oxygens (including phenoxy) is 10. The maximum Gasteiger partial charge on any atom is 0.332 e. The van der Waals surface area contributed by atoms with E-state index in [-0.39, 0.29) is 24.5 Å². The maximum absolute atomic E-state index is 14.2. The molecule has 2 aromatic heterocycles. The third kappa shape index (κ3) is 15.1. The summed E-state index contributed by atoms with van der Waals surface area (Å²) in [5.41, 5.74) is 1.93. The Morgan fingerprint density at radius 2 is 1.06 bits per heavy atom. The first kappa shape index (κ1) is 50.1. The number of nitrogens with one attached hydrogen (secondary N) is 1. The summed E-state index contributed by atoms with van der Waals surface area (Å²) in [4.78, 5) is 48.7. The van der Waals surface area contributed by atoms with Gasteiger partial charge in [-0.3, -0.25) is 13.9 Å². The highest BCUT2D eigenvalue weighted by Gasteiger charge is 2.41. The minimum Gasteiger partial charge on any atom is -0.460 e. The second kappa shape index (κ2) is 27.3. The summed E-state index contributed by atoms with van der Waals surface area (Å²) in [7, 11) is 1.64. The van der Waals surface area contributed by atoms with Crippen LogP contribution in [0.25, 0.3) is 28.6 Å². The Balaban J connectivity index is 0.721. The monoisotopic (exact) mass is 925 g/mol. The van der Waals surface area contributed by atoms with Gasteiger partial charge in [-0.05, 0) is 85.7 Å². The molecule has 0 saturated heterocycles. The molecular weight excluding hydrogens is 853 g/mol. The van der Waals surface area contributed by atoms with Crippen LogP contribution >= 0.6 is 0 Å². The highest BCUT2D eigenvalue weighted by molar-refractivity contribution is 5.87. The average molecular weight is 925 g/mol. The van der Waals surface area contributed by atoms with Crippen LogP contribution < -0.4 is 11.2 Å². The molecule has 4 aliphatic rings. The number of aromatic nitrogens is 4. The van der Waals surface area contributed by atoms with Crippen molar-refractivity contribution in [1.82, 2.24) is 19.1 Å². The number of imidazole rings is 1. The molecule has 3 aromatic rings. The lowest BCUT2D eigenvalue weighted by molar-refractivity contribution is -0.139. The summed E-state index contributed by atoms with van der Waals surface area (Å²) < 4.78 is 57.3. The van der Waals surface area contributed by atoms with Gasteiger partial charge >= 0.3 is 11.7 Å². The lowest BCUT2D eigenvalue weighted by atomic mass is 9.88. The highest BCUT2D eigenvalue weighted by atomic mass is 16.6. The molecule has 1 aromatic carbocycles. The fraction of sp³-hybridized carbons (Fsp3) is 0.714. The van der Waals surface area contributed by atoms with Gasteiger partial charge in [0.15, 0.2) is 5.52 Å². The molecule has 0 amide bonds. The van der Waals surface area contributed by atoms with Crippen LogP contribution in [0, 0.1) is 35.5 Å². The molecule has 7 rings (SSSR count). The molecule has 4 bridgehead atoms. The van der Waals surface area contributed by atoms with Gasteiger partial charge < -0.3 is 52.4 Å². The zero-order valence-electron chi connectivity index (χ0n) is 38.9. The smallest absolute Gasteiger partial charge is 0.332 e. The zero-order chi connectivity index (χ0) is 45.8. The quantitative estimate of drug-likeness (QED) is 0.0492. The maximum atomic E-state index is 14.2. The summed E-state index contributed by atoms with van der Waals surface area (Å²) in [5.74, 6) is 3.65. The van der Waals surface area contributed by atoms with Gasteiger partial charge in [-0.15, -0.1) is 0 Å². The summed E-state index contributed by atoms with van der Waals surface area (Å²) in [5, 5.41) is 0. The molecule has 4 aliphatic carbocycles. The number of benzene rings is 1. The van der Waals surface area contributed by atoms with Crippen LogP contribution in [0.2, 0.25) is 0 Å². The second-order valence-corrected chi connectivity index (χ2v) is 18.0. The molecule has 6 atom stereocenters. The van der Waals surface area contributed by atoms with Crippen molar-refractivity contribution in [2.75, 3.05) is 126 Å². The summed E-state index contributed by atoms with van der Waals surface area (Å²) in [6.45, 7) is 9.27. The van der Waals surface area contributed by atoms with Gasteiger partial charge in [0.05, 0.1) is 112 Å². The van der Waals surface area contributed by atoms with Gasteiger partial charge in [0.1, 0.15) is 18.1 Å². The molecule has 17 nitrogen and oxygen atoms in total. The van der Waals surface area contributed by atoms with Crippen molar-refractivity contribution in [3.8, 4) is 11.4 Å². The third-order valence-corrected chi connectivity index (χ3v) is 13.6. The largest absolute Gasteiger partial charge is 0.460 e. The minimum atomic E-state index is -0.473. The Morgan fingerprint density at radius 1 is 0.606 bits per heavy atom. The number of hydrogen-bond donors (Lipinski definition) is 1. The van der Waals surface area contributed by atoms with Gasteiger partial charge in [-0.25, -0.2) is 14.6 Å². The van der Waals surface area contributed by atoms with Crippen molar-refractivity contribution in [1.29, 1.82) is 0 Å². The molecular formula is C49H72N4O13. The van der Waals surface area contributed by atoms with E-state index in [0.717, 1.165) is 35.8 Å². The fourth-order valence-electron chi connectivity index (χ4n) is 10.3. The molecule has 2 heterocycles. The molecule has 6 unspecified atom stereocenters. The van der Waals surface area contributed by atoms with E-state index in [0.29, 0.717) is 159 Å². The number of esters is 1. The van der Waals surface area contributed by atoms with E-state index in [1.54, 1.807) is 13.2 Å². The van der Waals surface area contributed by atoms with E-state index in [4.69, 9.17) is 52.4 Å². The van der Waals surface area contributed by atoms with Crippen LogP contribution in [0.5, 0.6) is 0 Å². The van der Waals surface area contributed by atoms with Crippen LogP contribution in [0.4, 0.5) is 0 Å². The summed E-state index contributed by atoms with van der Waals surface area (Å²) >= 11 is 0. The number of nitrogens with zero attached hydrogens (tertiary/aromatic N) is 3. The van der Waals surface area contributed by atoms with Crippen LogP contribution in [0.3, 0.4) is 0 Å². The molecule has 66 heavy (non-hydrogen) atoms. The molecule has 0 aliphatic heterocycles. The number of fused-ring (bicyclic) bond motifs is 5. The normalized spacial score (nSPS) is 22.2. The number of rotatable bonds is 34. The number of aromatic amines is 1. The van der Waals surface area contributed by atoms with E-state index in [9.17, 15) is 14.4 Å². The van der Waals surface area contributed by atoms with Gasteiger partial charge in [0, 0.05) is 31.8 Å². The van der Waals surface area contributed by atoms with Gasteiger partial charge in [-0.1, -0.05) is 37.1 Å².